The molecule has 1 amide bonds. The van der Waals surface area contributed by atoms with Crippen LogP contribution in [0.3, 0.4) is 0 Å². The van der Waals surface area contributed by atoms with Gasteiger partial charge in [0.05, 0.1) is 5.41 Å². The van der Waals surface area contributed by atoms with E-state index in [-0.39, 0.29) is 18.4 Å². The maximum Gasteiger partial charge on any atom is 0.310 e. The van der Waals surface area contributed by atoms with Gasteiger partial charge in [0.15, 0.2) is 0 Å². The fourth-order valence-electron chi connectivity index (χ4n) is 2.98. The zero-order valence-electron chi connectivity index (χ0n) is 13.1. The summed E-state index contributed by atoms with van der Waals surface area (Å²) in [6.07, 6.45) is 6.40. The molecule has 0 aromatic heterocycles. The lowest BCUT2D eigenvalue weighted by Gasteiger charge is -2.29. The number of hydrogen-bond donors (Lipinski definition) is 2. The third-order valence-corrected chi connectivity index (χ3v) is 4.90. The van der Waals surface area contributed by atoms with Gasteiger partial charge in [0.2, 0.25) is 5.91 Å². The first-order chi connectivity index (χ1) is 9.41. The first-order valence-electron chi connectivity index (χ1n) is 7.94. The molecule has 0 saturated heterocycles. The van der Waals surface area contributed by atoms with Crippen LogP contribution < -0.4 is 5.32 Å². The third kappa shape index (κ3) is 4.50. The van der Waals surface area contributed by atoms with Crippen molar-refractivity contribution in [3.8, 4) is 0 Å². The fourth-order valence-corrected chi connectivity index (χ4v) is 2.98. The summed E-state index contributed by atoms with van der Waals surface area (Å²) in [7, 11) is 0. The van der Waals surface area contributed by atoms with Crippen LogP contribution in [-0.2, 0) is 9.59 Å². The summed E-state index contributed by atoms with van der Waals surface area (Å²) in [5.74, 6) is -0.498. The summed E-state index contributed by atoms with van der Waals surface area (Å²) in [4.78, 5) is 23.8. The third-order valence-electron chi connectivity index (χ3n) is 4.90. The molecule has 0 radical (unpaired) electrons. The lowest BCUT2D eigenvalue weighted by atomic mass is 9.77. The van der Waals surface area contributed by atoms with Gasteiger partial charge in [-0.25, -0.2) is 0 Å². The Kier molecular flexibility index (Phi) is 6.50. The topological polar surface area (TPSA) is 66.4 Å². The van der Waals surface area contributed by atoms with E-state index in [0.29, 0.717) is 18.8 Å². The van der Waals surface area contributed by atoms with Crippen LogP contribution in [0.5, 0.6) is 0 Å². The van der Waals surface area contributed by atoms with Crippen molar-refractivity contribution in [3.05, 3.63) is 0 Å². The fraction of sp³-hybridized carbons (Fsp3) is 0.875. The van der Waals surface area contributed by atoms with Gasteiger partial charge < -0.3 is 10.4 Å². The Hall–Kier alpha value is -1.06. The molecule has 0 aliphatic heterocycles. The number of amides is 1. The lowest BCUT2D eigenvalue weighted by Crippen LogP contribution is -2.42. The first kappa shape index (κ1) is 17.0. The highest BCUT2D eigenvalue weighted by Crippen LogP contribution is 2.38. The van der Waals surface area contributed by atoms with Crippen molar-refractivity contribution in [2.45, 2.75) is 78.2 Å². The molecule has 1 aliphatic carbocycles. The maximum absolute atomic E-state index is 12.2. The Morgan fingerprint density at radius 3 is 2.15 bits per heavy atom. The van der Waals surface area contributed by atoms with Crippen molar-refractivity contribution in [1.29, 1.82) is 0 Å². The quantitative estimate of drug-likeness (QED) is 0.735. The first-order valence-corrected chi connectivity index (χ1v) is 7.94. The predicted octanol–water partition coefficient (Wildman–Crippen LogP) is 3.35. The molecule has 2 atom stereocenters. The number of nitrogens with one attached hydrogen (secondary N) is 1. The second-order valence-electron chi connectivity index (χ2n) is 6.42. The summed E-state index contributed by atoms with van der Waals surface area (Å²) in [5, 5.41) is 12.5. The van der Waals surface area contributed by atoms with Crippen LogP contribution in [0, 0.1) is 11.3 Å². The van der Waals surface area contributed by atoms with Crippen LogP contribution >= 0.6 is 0 Å². The molecule has 4 nitrogen and oxygen atoms in total. The van der Waals surface area contributed by atoms with Gasteiger partial charge in [-0.15, -0.1) is 0 Å². The van der Waals surface area contributed by atoms with E-state index in [1.54, 1.807) is 0 Å². The van der Waals surface area contributed by atoms with Crippen LogP contribution in [0.1, 0.15) is 72.1 Å². The molecular formula is C16H29NO3. The van der Waals surface area contributed by atoms with Gasteiger partial charge in [-0.05, 0) is 25.7 Å². The Morgan fingerprint density at radius 2 is 1.70 bits per heavy atom. The molecule has 1 fully saturated rings. The zero-order chi connectivity index (χ0) is 15.2. The van der Waals surface area contributed by atoms with E-state index in [1.165, 1.54) is 0 Å². The Balaban J connectivity index is 2.65. The summed E-state index contributed by atoms with van der Waals surface area (Å²) >= 11 is 0. The average Bonchev–Trinajstić information content (AvgIpc) is 2.64. The number of rotatable bonds is 6. The second kappa shape index (κ2) is 7.65. The maximum atomic E-state index is 12.2. The number of carboxylic acid groups (broad SMARTS) is 1. The van der Waals surface area contributed by atoms with E-state index in [2.05, 4.69) is 19.2 Å². The predicted molar refractivity (Wildman–Crippen MR) is 79.4 cm³/mol. The zero-order valence-corrected chi connectivity index (χ0v) is 13.1. The number of carbonyl (C=O) groups excluding carboxylic acids is 1. The van der Waals surface area contributed by atoms with E-state index in [0.717, 1.165) is 32.1 Å². The Labute approximate surface area is 122 Å². The highest BCUT2D eigenvalue weighted by Gasteiger charge is 2.40. The van der Waals surface area contributed by atoms with E-state index in [9.17, 15) is 14.7 Å². The van der Waals surface area contributed by atoms with Gasteiger partial charge >= 0.3 is 5.97 Å². The minimum Gasteiger partial charge on any atom is -0.481 e. The molecule has 0 bridgehead atoms. The van der Waals surface area contributed by atoms with Crippen LogP contribution in [0.4, 0.5) is 0 Å². The smallest absolute Gasteiger partial charge is 0.310 e. The molecule has 4 heteroatoms. The Bertz CT molecular complexity index is 333. The lowest BCUT2D eigenvalue weighted by molar-refractivity contribution is -0.153. The van der Waals surface area contributed by atoms with E-state index >= 15 is 0 Å². The van der Waals surface area contributed by atoms with Gasteiger partial charge in [0.25, 0.3) is 0 Å². The minimum absolute atomic E-state index is 0.101. The van der Waals surface area contributed by atoms with Gasteiger partial charge in [-0.2, -0.15) is 0 Å². The highest BCUT2D eigenvalue weighted by atomic mass is 16.4. The molecule has 1 aliphatic rings. The molecule has 1 saturated carbocycles. The van der Waals surface area contributed by atoms with Crippen molar-refractivity contribution < 1.29 is 14.7 Å². The number of carboxylic acids is 1. The summed E-state index contributed by atoms with van der Waals surface area (Å²) in [5.41, 5.74) is -0.838. The monoisotopic (exact) mass is 283 g/mol. The van der Waals surface area contributed by atoms with Crippen LogP contribution in [0.25, 0.3) is 0 Å². The van der Waals surface area contributed by atoms with Crippen molar-refractivity contribution >= 4 is 11.9 Å². The highest BCUT2D eigenvalue weighted by molar-refractivity contribution is 5.85. The van der Waals surface area contributed by atoms with Crippen molar-refractivity contribution in [1.82, 2.24) is 5.32 Å². The van der Waals surface area contributed by atoms with Gasteiger partial charge in [-0.3, -0.25) is 9.59 Å². The molecule has 2 unspecified atom stereocenters. The second-order valence-corrected chi connectivity index (χ2v) is 6.42. The summed E-state index contributed by atoms with van der Waals surface area (Å²) < 4.78 is 0. The molecule has 2 N–H and O–H groups in total. The van der Waals surface area contributed by atoms with Gasteiger partial charge in [-0.1, -0.05) is 46.0 Å². The van der Waals surface area contributed by atoms with E-state index in [1.807, 2.05) is 6.92 Å². The molecular weight excluding hydrogens is 254 g/mol. The molecule has 116 valence electrons. The largest absolute Gasteiger partial charge is 0.481 e. The van der Waals surface area contributed by atoms with Gasteiger partial charge in [0.1, 0.15) is 0 Å². The standard InChI is InChI=1S/C16H29NO3/c1-4-12(2)13(3)17-14(18)11-16(15(19)20)9-7-5-6-8-10-16/h12-13H,4-11H2,1-3H3,(H,17,18)(H,19,20). The summed E-state index contributed by atoms with van der Waals surface area (Å²) in [6.45, 7) is 6.19. The molecule has 1 rings (SSSR count). The molecule has 0 aromatic rings. The van der Waals surface area contributed by atoms with Crippen LogP contribution in [0.2, 0.25) is 0 Å². The average molecular weight is 283 g/mol. The van der Waals surface area contributed by atoms with Crippen molar-refractivity contribution in [3.63, 3.8) is 0 Å². The SMILES string of the molecule is CCC(C)C(C)NC(=O)CC1(C(=O)O)CCCCCC1. The van der Waals surface area contributed by atoms with E-state index < -0.39 is 11.4 Å². The number of hydrogen-bond acceptors (Lipinski definition) is 2. The van der Waals surface area contributed by atoms with Crippen LogP contribution in [0.15, 0.2) is 0 Å². The Morgan fingerprint density at radius 1 is 1.15 bits per heavy atom. The van der Waals surface area contributed by atoms with Crippen molar-refractivity contribution in [2.24, 2.45) is 11.3 Å². The molecule has 0 spiro atoms. The normalized spacial score (nSPS) is 21.6. The number of aliphatic carboxylic acids is 1. The molecule has 20 heavy (non-hydrogen) atoms. The van der Waals surface area contributed by atoms with E-state index in [4.69, 9.17) is 0 Å². The van der Waals surface area contributed by atoms with Gasteiger partial charge in [0, 0.05) is 12.5 Å². The molecule has 0 aromatic carbocycles. The molecule has 0 heterocycles. The number of carbonyl (C=O) groups is 2. The minimum atomic E-state index is -0.838. The van der Waals surface area contributed by atoms with Crippen LogP contribution in [-0.4, -0.2) is 23.0 Å². The summed E-state index contributed by atoms with van der Waals surface area (Å²) in [6, 6.07) is 0.101. The van der Waals surface area contributed by atoms with Crippen molar-refractivity contribution in [2.75, 3.05) is 0 Å².